The van der Waals surface area contributed by atoms with E-state index in [-0.39, 0.29) is 18.2 Å². The highest BCUT2D eigenvalue weighted by Gasteiger charge is 2.49. The minimum atomic E-state index is -0.515. The summed E-state index contributed by atoms with van der Waals surface area (Å²) in [5, 5.41) is 6.29. The van der Waals surface area contributed by atoms with Crippen molar-refractivity contribution in [3.8, 4) is 11.5 Å². The van der Waals surface area contributed by atoms with Gasteiger partial charge in [-0.15, -0.1) is 0 Å². The van der Waals surface area contributed by atoms with E-state index in [1.165, 1.54) is 12.8 Å². The third kappa shape index (κ3) is 4.59. The van der Waals surface area contributed by atoms with Crippen LogP contribution < -0.4 is 15.4 Å². The first-order valence-corrected chi connectivity index (χ1v) is 10.5. The Kier molecular flexibility index (Phi) is 5.57. The number of ether oxygens (including phenoxy) is 4. The van der Waals surface area contributed by atoms with Gasteiger partial charge >= 0.3 is 6.09 Å². The molecule has 7 nitrogen and oxygen atoms in total. The molecule has 2 saturated heterocycles. The Hall–Kier alpha value is -2.61. The summed E-state index contributed by atoms with van der Waals surface area (Å²) in [7, 11) is 0. The van der Waals surface area contributed by atoms with Gasteiger partial charge in [0, 0.05) is 5.69 Å². The lowest BCUT2D eigenvalue weighted by Gasteiger charge is -2.18. The maximum absolute atomic E-state index is 12.3. The van der Waals surface area contributed by atoms with Crippen molar-refractivity contribution in [1.82, 2.24) is 5.32 Å². The fourth-order valence-corrected chi connectivity index (χ4v) is 3.90. The molecule has 0 bridgehead atoms. The van der Waals surface area contributed by atoms with E-state index >= 15 is 0 Å². The molecule has 0 spiro atoms. The van der Waals surface area contributed by atoms with Crippen LogP contribution in [0.4, 0.5) is 10.5 Å². The molecule has 4 atom stereocenters. The Bertz CT molecular complexity index is 856. The molecular formula is C23H26N2O5. The van der Waals surface area contributed by atoms with Gasteiger partial charge in [0.1, 0.15) is 23.7 Å². The zero-order valence-corrected chi connectivity index (χ0v) is 16.7. The lowest BCUT2D eigenvalue weighted by molar-refractivity contribution is 0.00856. The van der Waals surface area contributed by atoms with Crippen molar-refractivity contribution < 1.29 is 23.7 Å². The van der Waals surface area contributed by atoms with Crippen molar-refractivity contribution >= 4 is 11.8 Å². The van der Waals surface area contributed by atoms with Gasteiger partial charge < -0.3 is 24.3 Å². The quantitative estimate of drug-likeness (QED) is 0.727. The van der Waals surface area contributed by atoms with Gasteiger partial charge in [-0.05, 0) is 61.7 Å². The third-order valence-electron chi connectivity index (χ3n) is 5.71. The number of anilines is 1. The predicted molar refractivity (Wildman–Crippen MR) is 111 cm³/mol. The summed E-state index contributed by atoms with van der Waals surface area (Å²) < 4.78 is 23.1. The first-order valence-electron chi connectivity index (χ1n) is 10.5. The molecule has 2 aromatic rings. The van der Waals surface area contributed by atoms with Gasteiger partial charge in [-0.2, -0.15) is 0 Å². The molecule has 2 aliphatic heterocycles. The van der Waals surface area contributed by atoms with Crippen LogP contribution in [0, 0.1) is 5.92 Å². The van der Waals surface area contributed by atoms with Gasteiger partial charge in [0.05, 0.1) is 19.3 Å². The number of benzene rings is 2. The molecule has 0 radical (unpaired) electrons. The van der Waals surface area contributed by atoms with Gasteiger partial charge in [0.2, 0.25) is 0 Å². The minimum absolute atomic E-state index is 0.0593. The number of carbonyl (C=O) groups is 1. The fraction of sp³-hybridized carbons (Fsp3) is 0.435. The first kappa shape index (κ1) is 19.4. The average Bonchev–Trinajstić information content (AvgIpc) is 3.38. The topological polar surface area (TPSA) is 78.1 Å². The summed E-state index contributed by atoms with van der Waals surface area (Å²) in [6.45, 7) is 1.96. The fourth-order valence-electron chi connectivity index (χ4n) is 3.90. The summed E-state index contributed by atoms with van der Waals surface area (Å²) in [6, 6.07) is 16.9. The molecule has 1 saturated carbocycles. The van der Waals surface area contributed by atoms with E-state index in [9.17, 15) is 4.79 Å². The maximum Gasteiger partial charge on any atom is 0.412 e. The van der Waals surface area contributed by atoms with Crippen molar-refractivity contribution in [1.29, 1.82) is 0 Å². The van der Waals surface area contributed by atoms with Crippen molar-refractivity contribution in [3.63, 3.8) is 0 Å². The summed E-state index contributed by atoms with van der Waals surface area (Å²) >= 11 is 0. The standard InChI is InChI=1S/C23H26N2O5/c26-23(25-16-8-10-18(11-9-16)29-17-4-2-1-3-5-17)30-20-14-28-21-19(13-27-22(20)21)24-12-15-6-7-15/h1-5,8-11,15,19-22,24H,6-7,12-14H2,(H,25,26)/t19-,20-,21-,22+/m0/s1. The van der Waals surface area contributed by atoms with Gasteiger partial charge in [0.25, 0.3) is 0 Å². The molecule has 1 amide bonds. The van der Waals surface area contributed by atoms with Crippen LogP contribution in [-0.2, 0) is 14.2 Å². The van der Waals surface area contributed by atoms with Crippen molar-refractivity contribution in [2.75, 3.05) is 25.1 Å². The van der Waals surface area contributed by atoms with Gasteiger partial charge in [-0.3, -0.25) is 5.32 Å². The third-order valence-corrected chi connectivity index (χ3v) is 5.71. The van der Waals surface area contributed by atoms with Crippen LogP contribution >= 0.6 is 0 Å². The lowest BCUT2D eigenvalue weighted by Crippen LogP contribution is -2.42. The van der Waals surface area contributed by atoms with Crippen LogP contribution in [0.1, 0.15) is 12.8 Å². The predicted octanol–water partition coefficient (Wildman–Crippen LogP) is 3.56. The van der Waals surface area contributed by atoms with Crippen LogP contribution in [0.3, 0.4) is 0 Å². The Labute approximate surface area is 175 Å². The van der Waals surface area contributed by atoms with Crippen molar-refractivity contribution in [2.45, 2.75) is 37.2 Å². The molecule has 3 fully saturated rings. The average molecular weight is 410 g/mol. The summed E-state index contributed by atoms with van der Waals surface area (Å²) in [5.74, 6) is 2.25. The first-order chi connectivity index (χ1) is 14.7. The number of nitrogens with one attached hydrogen (secondary N) is 2. The van der Waals surface area contributed by atoms with E-state index in [2.05, 4.69) is 10.6 Å². The molecule has 0 aromatic heterocycles. The van der Waals surface area contributed by atoms with E-state index in [1.807, 2.05) is 30.3 Å². The molecule has 5 rings (SSSR count). The minimum Gasteiger partial charge on any atom is -0.457 e. The number of para-hydroxylation sites is 1. The molecule has 2 aromatic carbocycles. The van der Waals surface area contributed by atoms with Crippen LogP contribution in [0.2, 0.25) is 0 Å². The molecular weight excluding hydrogens is 384 g/mol. The zero-order valence-electron chi connectivity index (χ0n) is 16.7. The van der Waals surface area contributed by atoms with Gasteiger partial charge in [-0.25, -0.2) is 4.79 Å². The number of hydrogen-bond acceptors (Lipinski definition) is 6. The molecule has 30 heavy (non-hydrogen) atoms. The lowest BCUT2D eigenvalue weighted by atomic mass is 10.1. The number of carbonyl (C=O) groups excluding carboxylic acids is 1. The van der Waals surface area contributed by atoms with E-state index in [0.717, 1.165) is 18.2 Å². The second-order valence-electron chi connectivity index (χ2n) is 8.06. The van der Waals surface area contributed by atoms with Gasteiger partial charge in [-0.1, -0.05) is 18.2 Å². The number of amides is 1. The van der Waals surface area contributed by atoms with Crippen molar-refractivity contribution in [3.05, 3.63) is 54.6 Å². The smallest absolute Gasteiger partial charge is 0.412 e. The second kappa shape index (κ2) is 8.63. The van der Waals surface area contributed by atoms with E-state index < -0.39 is 12.2 Å². The van der Waals surface area contributed by atoms with Crippen LogP contribution in [-0.4, -0.2) is 50.2 Å². The highest BCUT2D eigenvalue weighted by Crippen LogP contribution is 2.32. The summed E-state index contributed by atoms with van der Waals surface area (Å²) in [4.78, 5) is 12.3. The number of rotatable bonds is 7. The Morgan fingerprint density at radius 1 is 0.933 bits per heavy atom. The van der Waals surface area contributed by atoms with Gasteiger partial charge in [0.15, 0.2) is 6.10 Å². The van der Waals surface area contributed by atoms with E-state index in [1.54, 1.807) is 24.3 Å². The molecule has 0 unspecified atom stereocenters. The van der Waals surface area contributed by atoms with E-state index in [4.69, 9.17) is 18.9 Å². The largest absolute Gasteiger partial charge is 0.457 e. The Morgan fingerprint density at radius 2 is 1.67 bits per heavy atom. The second-order valence-corrected chi connectivity index (χ2v) is 8.06. The SMILES string of the molecule is O=C(Nc1ccc(Oc2ccccc2)cc1)O[C@H]1CO[C@@H]2[C@@H]1OC[C@@H]2NCC1CC1. The van der Waals surface area contributed by atoms with Crippen LogP contribution in [0.25, 0.3) is 0 Å². The Balaban J connectivity index is 1.10. The molecule has 2 N–H and O–H groups in total. The van der Waals surface area contributed by atoms with Crippen LogP contribution in [0.5, 0.6) is 11.5 Å². The van der Waals surface area contributed by atoms with Crippen molar-refractivity contribution in [2.24, 2.45) is 5.92 Å². The normalized spacial score (nSPS) is 27.5. The number of fused-ring (bicyclic) bond motifs is 1. The zero-order chi connectivity index (χ0) is 20.3. The monoisotopic (exact) mass is 410 g/mol. The van der Waals surface area contributed by atoms with Crippen LogP contribution in [0.15, 0.2) is 54.6 Å². The highest BCUT2D eigenvalue weighted by atomic mass is 16.6. The highest BCUT2D eigenvalue weighted by molar-refractivity contribution is 5.84. The molecule has 158 valence electrons. The Morgan fingerprint density at radius 3 is 2.43 bits per heavy atom. The summed E-state index contributed by atoms with van der Waals surface area (Å²) in [6.07, 6.45) is 1.43. The van der Waals surface area contributed by atoms with E-state index in [0.29, 0.717) is 24.7 Å². The molecule has 3 aliphatic rings. The molecule has 7 heteroatoms. The summed E-state index contributed by atoms with van der Waals surface area (Å²) in [5.41, 5.74) is 0.632. The molecule has 2 heterocycles. The maximum atomic E-state index is 12.3. The molecule has 1 aliphatic carbocycles. The number of hydrogen-bond donors (Lipinski definition) is 2.